The monoisotopic (exact) mass is 400 g/mol. The first-order valence-corrected chi connectivity index (χ1v) is 10.1. The summed E-state index contributed by atoms with van der Waals surface area (Å²) in [6, 6.07) is 15.9. The van der Waals surface area contributed by atoms with Crippen LogP contribution in [0.1, 0.15) is 52.5 Å². The molecule has 2 N–H and O–H groups in total. The number of allylic oxidation sites excluding steroid dienone is 1. The van der Waals surface area contributed by atoms with E-state index >= 15 is 0 Å². The van der Waals surface area contributed by atoms with E-state index in [1.165, 1.54) is 12.5 Å². The molecule has 3 aromatic rings. The second-order valence-corrected chi connectivity index (χ2v) is 7.71. The Morgan fingerprint density at radius 1 is 1.10 bits per heavy atom. The summed E-state index contributed by atoms with van der Waals surface area (Å²) in [5.74, 6) is -1.21. The molecule has 0 spiro atoms. The lowest BCUT2D eigenvalue weighted by molar-refractivity contribution is -0.125. The second-order valence-electron chi connectivity index (χ2n) is 7.71. The van der Waals surface area contributed by atoms with Crippen LogP contribution in [0.3, 0.4) is 0 Å². The Kier molecular flexibility index (Phi) is 5.36. The van der Waals surface area contributed by atoms with Gasteiger partial charge in [0.05, 0.1) is 16.8 Å². The van der Waals surface area contributed by atoms with Gasteiger partial charge in [0.25, 0.3) is 5.91 Å². The Morgan fingerprint density at radius 3 is 2.57 bits per heavy atom. The first kappa shape index (κ1) is 19.8. The molecule has 1 amide bonds. The maximum atomic E-state index is 13.1. The summed E-state index contributed by atoms with van der Waals surface area (Å²) in [5, 5.41) is 0.731. The molecule has 5 heteroatoms. The van der Waals surface area contributed by atoms with Crippen LogP contribution >= 0.6 is 0 Å². The fraction of sp³-hybridized carbons (Fsp3) is 0.240. The van der Waals surface area contributed by atoms with Crippen molar-refractivity contribution in [2.45, 2.75) is 39.2 Å². The van der Waals surface area contributed by atoms with Gasteiger partial charge in [-0.3, -0.25) is 4.79 Å². The number of pyridine rings is 1. The topological polar surface area (TPSA) is 82.3 Å². The largest absolute Gasteiger partial charge is 0.449 e. The molecule has 1 atom stereocenters. The highest BCUT2D eigenvalue weighted by atomic mass is 16.5. The van der Waals surface area contributed by atoms with E-state index < -0.39 is 18.0 Å². The number of amides is 1. The van der Waals surface area contributed by atoms with E-state index in [4.69, 9.17) is 15.5 Å². The molecule has 4 rings (SSSR count). The summed E-state index contributed by atoms with van der Waals surface area (Å²) < 4.78 is 5.38. The van der Waals surface area contributed by atoms with E-state index in [-0.39, 0.29) is 0 Å². The molecule has 1 aromatic heterocycles. The summed E-state index contributed by atoms with van der Waals surface area (Å²) in [7, 11) is 0. The number of nitrogens with zero attached hydrogens (tertiary/aromatic N) is 1. The summed E-state index contributed by atoms with van der Waals surface area (Å²) in [6.07, 6.45) is 3.68. The molecule has 5 nitrogen and oxygen atoms in total. The van der Waals surface area contributed by atoms with Crippen molar-refractivity contribution in [1.82, 2.24) is 4.98 Å². The van der Waals surface area contributed by atoms with Crippen LogP contribution in [0.5, 0.6) is 0 Å². The number of ether oxygens (including phenoxy) is 1. The van der Waals surface area contributed by atoms with E-state index in [1.54, 1.807) is 0 Å². The van der Waals surface area contributed by atoms with Crippen molar-refractivity contribution in [3.8, 4) is 0 Å². The Balaban J connectivity index is 1.87. The molecule has 0 saturated heterocycles. The van der Waals surface area contributed by atoms with Gasteiger partial charge in [-0.25, -0.2) is 9.78 Å². The summed E-state index contributed by atoms with van der Waals surface area (Å²) in [6.45, 7) is 3.55. The third kappa shape index (κ3) is 3.83. The zero-order valence-electron chi connectivity index (χ0n) is 17.1. The van der Waals surface area contributed by atoms with Gasteiger partial charge in [-0.15, -0.1) is 0 Å². The SMILES string of the molecule is Cc1ccc(/C=C2\CCCc3c2nc2ccccc2c3C(=O)O[C@@H](C)C(N)=O)cc1. The molecule has 0 unspecified atom stereocenters. The minimum atomic E-state index is -0.994. The van der Waals surface area contributed by atoms with Crippen LogP contribution in [0.4, 0.5) is 0 Å². The quantitative estimate of drug-likeness (QED) is 0.656. The maximum absolute atomic E-state index is 13.1. The Morgan fingerprint density at radius 2 is 1.83 bits per heavy atom. The molecule has 0 saturated carbocycles. The molecule has 1 heterocycles. The fourth-order valence-corrected chi connectivity index (χ4v) is 3.85. The van der Waals surface area contributed by atoms with Gasteiger partial charge < -0.3 is 10.5 Å². The van der Waals surface area contributed by atoms with Crippen LogP contribution in [-0.4, -0.2) is 23.0 Å². The number of esters is 1. The van der Waals surface area contributed by atoms with E-state index in [9.17, 15) is 9.59 Å². The van der Waals surface area contributed by atoms with E-state index in [2.05, 4.69) is 37.3 Å². The van der Waals surface area contributed by atoms with Crippen molar-refractivity contribution in [3.05, 3.63) is 76.5 Å². The maximum Gasteiger partial charge on any atom is 0.339 e. The number of hydrogen-bond acceptors (Lipinski definition) is 4. The van der Waals surface area contributed by atoms with Crippen LogP contribution in [0.15, 0.2) is 48.5 Å². The number of aromatic nitrogens is 1. The molecule has 152 valence electrons. The number of fused-ring (bicyclic) bond motifs is 2. The van der Waals surface area contributed by atoms with E-state index in [1.807, 2.05) is 24.3 Å². The molecule has 0 bridgehead atoms. The number of carbonyl (C=O) groups is 2. The zero-order valence-corrected chi connectivity index (χ0v) is 17.1. The second kappa shape index (κ2) is 8.11. The first-order chi connectivity index (χ1) is 14.4. The van der Waals surface area contributed by atoms with Crippen LogP contribution in [0.25, 0.3) is 22.6 Å². The van der Waals surface area contributed by atoms with Gasteiger partial charge in [0, 0.05) is 5.39 Å². The molecular weight excluding hydrogens is 376 g/mol. The predicted octanol–water partition coefficient (Wildman–Crippen LogP) is 4.45. The predicted molar refractivity (Wildman–Crippen MR) is 118 cm³/mol. The Bertz CT molecular complexity index is 1160. The number of hydrogen-bond donors (Lipinski definition) is 1. The first-order valence-electron chi connectivity index (χ1n) is 10.1. The Labute approximate surface area is 175 Å². The lowest BCUT2D eigenvalue weighted by Gasteiger charge is -2.23. The van der Waals surface area contributed by atoms with Crippen LogP contribution in [0.2, 0.25) is 0 Å². The van der Waals surface area contributed by atoms with Gasteiger partial charge in [0.1, 0.15) is 0 Å². The van der Waals surface area contributed by atoms with Crippen LogP contribution < -0.4 is 5.73 Å². The number of nitrogens with two attached hydrogens (primary N) is 1. The van der Waals surface area contributed by atoms with Gasteiger partial charge >= 0.3 is 5.97 Å². The molecule has 0 fully saturated rings. The summed E-state index contributed by atoms with van der Waals surface area (Å²) in [4.78, 5) is 29.4. The number of benzene rings is 2. The van der Waals surface area contributed by atoms with E-state index in [0.717, 1.165) is 52.6 Å². The lowest BCUT2D eigenvalue weighted by Crippen LogP contribution is -2.31. The van der Waals surface area contributed by atoms with Crippen LogP contribution in [-0.2, 0) is 16.0 Å². The smallest absolute Gasteiger partial charge is 0.339 e. The fourth-order valence-electron chi connectivity index (χ4n) is 3.85. The van der Waals surface area contributed by atoms with Gasteiger partial charge in [-0.1, -0.05) is 48.0 Å². The summed E-state index contributed by atoms with van der Waals surface area (Å²) in [5.41, 5.74) is 11.6. The molecule has 0 radical (unpaired) electrons. The third-order valence-corrected chi connectivity index (χ3v) is 5.48. The van der Waals surface area contributed by atoms with Crippen molar-refractivity contribution < 1.29 is 14.3 Å². The normalized spacial score (nSPS) is 15.6. The van der Waals surface area contributed by atoms with Gasteiger partial charge in [0.15, 0.2) is 6.10 Å². The zero-order chi connectivity index (χ0) is 21.3. The highest BCUT2D eigenvalue weighted by Gasteiger charge is 2.27. The number of para-hydroxylation sites is 1. The summed E-state index contributed by atoms with van der Waals surface area (Å²) >= 11 is 0. The molecule has 2 aromatic carbocycles. The third-order valence-electron chi connectivity index (χ3n) is 5.48. The molecule has 0 aliphatic heterocycles. The average Bonchev–Trinajstić information content (AvgIpc) is 2.73. The van der Waals surface area contributed by atoms with Gasteiger partial charge in [0.2, 0.25) is 0 Å². The number of carbonyl (C=O) groups excluding carboxylic acids is 2. The highest BCUT2D eigenvalue weighted by molar-refractivity contribution is 6.07. The lowest BCUT2D eigenvalue weighted by atomic mass is 9.86. The molecular formula is C25H24N2O3. The molecule has 1 aliphatic rings. The molecule has 1 aliphatic carbocycles. The van der Waals surface area contributed by atoms with Crippen LogP contribution in [0, 0.1) is 6.92 Å². The Hall–Kier alpha value is -3.47. The number of rotatable bonds is 4. The van der Waals surface area contributed by atoms with Crippen molar-refractivity contribution in [1.29, 1.82) is 0 Å². The van der Waals surface area contributed by atoms with Crippen molar-refractivity contribution in [3.63, 3.8) is 0 Å². The number of primary amides is 1. The van der Waals surface area contributed by atoms with E-state index in [0.29, 0.717) is 5.56 Å². The van der Waals surface area contributed by atoms with Crippen molar-refractivity contribution >= 4 is 34.4 Å². The van der Waals surface area contributed by atoms with Gasteiger partial charge in [-0.2, -0.15) is 0 Å². The van der Waals surface area contributed by atoms with Gasteiger partial charge in [-0.05, 0) is 62.0 Å². The minimum absolute atomic E-state index is 0.484. The van der Waals surface area contributed by atoms with Crippen molar-refractivity contribution in [2.75, 3.05) is 0 Å². The highest BCUT2D eigenvalue weighted by Crippen LogP contribution is 2.36. The standard InChI is InChI=1S/C25H24N2O3/c1-15-10-12-17(13-11-15)14-18-6-5-8-20-22(25(29)30-16(2)24(26)28)19-7-3-4-9-21(19)27-23(18)20/h3-4,7,9-14,16H,5-6,8H2,1-2H3,(H2,26,28)/b18-14+/t16-/m0/s1. The minimum Gasteiger partial charge on any atom is -0.449 e. The van der Waals surface area contributed by atoms with Crippen molar-refractivity contribution in [2.24, 2.45) is 5.73 Å². The average molecular weight is 400 g/mol. The number of aryl methyl sites for hydroxylation is 1. The molecule has 30 heavy (non-hydrogen) atoms.